The Labute approximate surface area is 211 Å². The summed E-state index contributed by atoms with van der Waals surface area (Å²) in [4.78, 5) is 37.7. The number of nitrogens with two attached hydrogens (primary N) is 1. The van der Waals surface area contributed by atoms with Crippen molar-refractivity contribution in [3.8, 4) is 11.1 Å². The summed E-state index contributed by atoms with van der Waals surface area (Å²) in [5.74, 6) is -1.18. The zero-order chi connectivity index (χ0) is 25.5. The van der Waals surface area contributed by atoms with Gasteiger partial charge in [0.05, 0.1) is 0 Å². The van der Waals surface area contributed by atoms with Crippen molar-refractivity contribution in [1.82, 2.24) is 10.6 Å². The average molecular weight is 486 g/mol. The van der Waals surface area contributed by atoms with Gasteiger partial charge in [0.2, 0.25) is 11.8 Å². The molecule has 3 aromatic carbocycles. The molecule has 0 aliphatic heterocycles. The van der Waals surface area contributed by atoms with Crippen LogP contribution in [-0.4, -0.2) is 36.6 Å². The highest BCUT2D eigenvalue weighted by Crippen LogP contribution is 2.44. The molecule has 4 N–H and O–H groups in total. The largest absolute Gasteiger partial charge is 0.449 e. The molecule has 0 unspecified atom stereocenters. The molecule has 0 saturated carbocycles. The van der Waals surface area contributed by atoms with E-state index in [1.807, 2.05) is 73.7 Å². The second-order valence-electron chi connectivity index (χ2n) is 8.96. The molecule has 3 aromatic rings. The van der Waals surface area contributed by atoms with Gasteiger partial charge in [-0.05, 0) is 34.2 Å². The molecule has 0 aromatic heterocycles. The molecule has 0 radical (unpaired) electrons. The topological polar surface area (TPSA) is 111 Å². The zero-order valence-corrected chi connectivity index (χ0v) is 20.3. The second-order valence-corrected chi connectivity index (χ2v) is 8.96. The number of benzene rings is 3. The molecule has 7 heteroatoms. The summed E-state index contributed by atoms with van der Waals surface area (Å²) >= 11 is 0. The lowest BCUT2D eigenvalue weighted by Gasteiger charge is -2.22. The van der Waals surface area contributed by atoms with E-state index >= 15 is 0 Å². The van der Waals surface area contributed by atoms with Crippen LogP contribution in [0, 0.1) is 0 Å². The van der Waals surface area contributed by atoms with Gasteiger partial charge < -0.3 is 21.1 Å². The van der Waals surface area contributed by atoms with Gasteiger partial charge in [-0.2, -0.15) is 0 Å². The van der Waals surface area contributed by atoms with Crippen LogP contribution in [0.15, 0.2) is 78.9 Å². The number of alkyl carbamates (subject to hydrolysis) is 1. The Bertz CT molecular complexity index is 1180. The van der Waals surface area contributed by atoms with Crippen molar-refractivity contribution in [2.75, 3.05) is 6.61 Å². The first-order chi connectivity index (χ1) is 17.5. The average Bonchev–Trinajstić information content (AvgIpc) is 3.21. The summed E-state index contributed by atoms with van der Waals surface area (Å²) in [5, 5.41) is 5.37. The number of hydrogen-bond donors (Lipinski definition) is 3. The van der Waals surface area contributed by atoms with Gasteiger partial charge in [-0.25, -0.2) is 4.79 Å². The van der Waals surface area contributed by atoms with E-state index in [1.54, 1.807) is 0 Å². The molecule has 0 spiro atoms. The fourth-order valence-electron chi connectivity index (χ4n) is 4.68. The van der Waals surface area contributed by atoms with E-state index in [0.29, 0.717) is 12.8 Å². The first-order valence-electron chi connectivity index (χ1n) is 12.2. The van der Waals surface area contributed by atoms with Crippen LogP contribution >= 0.6 is 0 Å². The Hall–Kier alpha value is -4.13. The number of carbonyl (C=O) groups is 3. The lowest BCUT2D eigenvalue weighted by Crippen LogP contribution is -2.53. The fourth-order valence-corrected chi connectivity index (χ4v) is 4.68. The predicted octanol–water partition coefficient (Wildman–Crippen LogP) is 3.91. The molecule has 3 amide bonds. The van der Waals surface area contributed by atoms with Gasteiger partial charge in [-0.3, -0.25) is 9.59 Å². The molecule has 0 fully saturated rings. The number of amides is 3. The number of fused-ring (bicyclic) bond motifs is 3. The molecule has 4 rings (SSSR count). The Morgan fingerprint density at radius 2 is 1.42 bits per heavy atom. The van der Waals surface area contributed by atoms with Crippen LogP contribution in [0.2, 0.25) is 0 Å². The Balaban J connectivity index is 1.38. The van der Waals surface area contributed by atoms with Gasteiger partial charge in [-0.1, -0.05) is 92.2 Å². The van der Waals surface area contributed by atoms with E-state index in [1.165, 1.54) is 0 Å². The van der Waals surface area contributed by atoms with Gasteiger partial charge in [0.1, 0.15) is 18.7 Å². The van der Waals surface area contributed by atoms with Crippen molar-refractivity contribution in [2.24, 2.45) is 5.73 Å². The second kappa shape index (κ2) is 11.5. The first kappa shape index (κ1) is 25.0. The van der Waals surface area contributed by atoms with Gasteiger partial charge >= 0.3 is 6.09 Å². The maximum Gasteiger partial charge on any atom is 0.407 e. The first-order valence-corrected chi connectivity index (χ1v) is 12.2. The maximum atomic E-state index is 13.0. The smallest absolute Gasteiger partial charge is 0.407 e. The fraction of sp³-hybridized carbons (Fsp3) is 0.276. The van der Waals surface area contributed by atoms with Crippen LogP contribution in [0.5, 0.6) is 0 Å². The zero-order valence-electron chi connectivity index (χ0n) is 20.3. The lowest BCUT2D eigenvalue weighted by molar-refractivity contribution is -0.128. The van der Waals surface area contributed by atoms with Gasteiger partial charge in [0.15, 0.2) is 0 Å². The summed E-state index contributed by atoms with van der Waals surface area (Å²) < 4.78 is 5.59. The van der Waals surface area contributed by atoms with Crippen molar-refractivity contribution >= 4 is 17.9 Å². The summed E-state index contributed by atoms with van der Waals surface area (Å²) in [5.41, 5.74) is 10.9. The normalized spacial score (nSPS) is 13.7. The highest BCUT2D eigenvalue weighted by atomic mass is 16.5. The number of rotatable bonds is 10. The van der Waals surface area contributed by atoms with Crippen molar-refractivity contribution in [3.05, 3.63) is 95.6 Å². The van der Waals surface area contributed by atoms with E-state index < -0.39 is 30.0 Å². The molecular weight excluding hydrogens is 454 g/mol. The summed E-state index contributed by atoms with van der Waals surface area (Å²) in [6.45, 7) is 2.06. The van der Waals surface area contributed by atoms with E-state index in [-0.39, 0.29) is 18.9 Å². The molecule has 2 atom stereocenters. The number of primary amides is 1. The van der Waals surface area contributed by atoms with Gasteiger partial charge in [-0.15, -0.1) is 0 Å². The molecule has 1 aliphatic rings. The van der Waals surface area contributed by atoms with Crippen LogP contribution in [0.4, 0.5) is 4.79 Å². The quantitative estimate of drug-likeness (QED) is 0.404. The Morgan fingerprint density at radius 1 is 0.833 bits per heavy atom. The Morgan fingerprint density at radius 3 is 2.00 bits per heavy atom. The molecule has 36 heavy (non-hydrogen) atoms. The van der Waals surface area contributed by atoms with Crippen LogP contribution < -0.4 is 16.4 Å². The van der Waals surface area contributed by atoms with Crippen molar-refractivity contribution in [3.63, 3.8) is 0 Å². The van der Waals surface area contributed by atoms with Gasteiger partial charge in [0, 0.05) is 12.3 Å². The van der Waals surface area contributed by atoms with Crippen LogP contribution in [0.1, 0.15) is 42.4 Å². The standard InChI is InChI=1S/C29H31N3O4/c1-2-10-25(28(34)31-26(27(30)33)17-19-11-4-3-5-12-19)32-29(35)36-18-24-22-15-8-6-13-20(22)21-14-7-9-16-23(21)24/h3-9,11-16,24-26H,2,10,17-18H2,1H3,(H2,30,33)(H,31,34)(H,32,35)/t25-,26-/m0/s1. The summed E-state index contributed by atoms with van der Waals surface area (Å²) in [6.07, 6.45) is 0.643. The van der Waals surface area contributed by atoms with Crippen LogP contribution in [-0.2, 0) is 20.7 Å². The molecule has 0 bridgehead atoms. The highest BCUT2D eigenvalue weighted by molar-refractivity contribution is 5.91. The molecule has 7 nitrogen and oxygen atoms in total. The highest BCUT2D eigenvalue weighted by Gasteiger charge is 2.30. The molecule has 0 saturated heterocycles. The minimum Gasteiger partial charge on any atom is -0.449 e. The summed E-state index contributed by atoms with van der Waals surface area (Å²) in [7, 11) is 0. The van der Waals surface area contributed by atoms with Gasteiger partial charge in [0.25, 0.3) is 0 Å². The number of carbonyl (C=O) groups excluding carboxylic acids is 3. The minimum absolute atomic E-state index is 0.0771. The van der Waals surface area contributed by atoms with E-state index in [0.717, 1.165) is 27.8 Å². The lowest BCUT2D eigenvalue weighted by atomic mass is 9.98. The predicted molar refractivity (Wildman–Crippen MR) is 138 cm³/mol. The van der Waals surface area contributed by atoms with Crippen molar-refractivity contribution in [2.45, 2.75) is 44.2 Å². The number of nitrogens with one attached hydrogen (secondary N) is 2. The molecule has 186 valence electrons. The molecule has 0 heterocycles. The van der Waals surface area contributed by atoms with Crippen LogP contribution in [0.25, 0.3) is 11.1 Å². The third-order valence-electron chi connectivity index (χ3n) is 6.47. The number of hydrogen-bond acceptors (Lipinski definition) is 4. The SMILES string of the molecule is CCC[C@H](NC(=O)OCC1c2ccccc2-c2ccccc21)C(=O)N[C@@H](Cc1ccccc1)C(N)=O. The molecular formula is C29H31N3O4. The van der Waals surface area contributed by atoms with E-state index in [2.05, 4.69) is 22.8 Å². The van der Waals surface area contributed by atoms with Crippen molar-refractivity contribution in [1.29, 1.82) is 0 Å². The third kappa shape index (κ3) is 5.74. The van der Waals surface area contributed by atoms with Crippen LogP contribution in [0.3, 0.4) is 0 Å². The minimum atomic E-state index is -0.886. The molecule has 1 aliphatic carbocycles. The summed E-state index contributed by atoms with van der Waals surface area (Å²) in [6, 6.07) is 23.8. The van der Waals surface area contributed by atoms with E-state index in [9.17, 15) is 14.4 Å². The monoisotopic (exact) mass is 485 g/mol. The third-order valence-corrected chi connectivity index (χ3v) is 6.47. The van der Waals surface area contributed by atoms with E-state index in [4.69, 9.17) is 10.5 Å². The maximum absolute atomic E-state index is 13.0. The van der Waals surface area contributed by atoms with Crippen molar-refractivity contribution < 1.29 is 19.1 Å². The number of ether oxygens (including phenoxy) is 1. The Kier molecular flexibility index (Phi) is 8.00.